The third-order valence-corrected chi connectivity index (χ3v) is 4.53. The van der Waals surface area contributed by atoms with Gasteiger partial charge in [-0.1, -0.05) is 35.0 Å². The number of rotatable bonds is 6. The zero-order valence-corrected chi connectivity index (χ0v) is 15.2. The molecule has 0 aliphatic heterocycles. The summed E-state index contributed by atoms with van der Waals surface area (Å²) < 4.78 is 7.05. The van der Waals surface area contributed by atoms with Gasteiger partial charge in [0.2, 0.25) is 11.8 Å². The zero-order valence-electron chi connectivity index (χ0n) is 12.9. The molecule has 1 amide bonds. The van der Waals surface area contributed by atoms with Gasteiger partial charge in [-0.15, -0.1) is 10.2 Å². The van der Waals surface area contributed by atoms with Crippen LogP contribution in [0.4, 0.5) is 5.69 Å². The fourth-order valence-electron chi connectivity index (χ4n) is 1.83. The minimum Gasteiger partial charge on any atom is -0.414 e. The van der Waals surface area contributed by atoms with Gasteiger partial charge in [-0.2, -0.15) is 5.10 Å². The number of halogens is 2. The molecule has 11 heteroatoms. The van der Waals surface area contributed by atoms with Gasteiger partial charge in [0, 0.05) is 5.02 Å². The highest BCUT2D eigenvalue weighted by Crippen LogP contribution is 2.27. The lowest BCUT2D eigenvalue weighted by Gasteiger charge is -2.11. The Morgan fingerprint density at radius 3 is 2.96 bits per heavy atom. The molecular weight excluding hydrogens is 387 g/mol. The van der Waals surface area contributed by atoms with Crippen molar-refractivity contribution in [3.63, 3.8) is 0 Å². The smallest absolute Gasteiger partial charge is 0.277 e. The summed E-state index contributed by atoms with van der Waals surface area (Å²) >= 11 is 13.0. The van der Waals surface area contributed by atoms with Crippen molar-refractivity contribution in [3.05, 3.63) is 46.8 Å². The predicted octanol–water partition coefficient (Wildman–Crippen LogP) is 3.14. The van der Waals surface area contributed by atoms with Crippen LogP contribution in [0.25, 0.3) is 0 Å². The van der Waals surface area contributed by atoms with Crippen LogP contribution < -0.4 is 5.32 Å². The molecule has 0 spiro atoms. The maximum atomic E-state index is 12.3. The maximum Gasteiger partial charge on any atom is 0.277 e. The lowest BCUT2D eigenvalue weighted by molar-refractivity contribution is -0.115. The number of carbonyl (C=O) groups excluding carboxylic acids is 1. The molecule has 2 aromatic heterocycles. The van der Waals surface area contributed by atoms with Crippen LogP contribution in [-0.4, -0.2) is 36.1 Å². The summed E-state index contributed by atoms with van der Waals surface area (Å²) in [5, 5.41) is 15.2. The summed E-state index contributed by atoms with van der Waals surface area (Å²) in [7, 11) is 0. The molecule has 130 valence electrons. The van der Waals surface area contributed by atoms with Crippen molar-refractivity contribution in [2.45, 2.75) is 23.9 Å². The summed E-state index contributed by atoms with van der Waals surface area (Å²) in [6.07, 6.45) is 2.96. The van der Waals surface area contributed by atoms with Crippen LogP contribution >= 0.6 is 35.0 Å². The molecular formula is C14H12Cl2N6O2S. The SMILES string of the molecule is CC(Sc1nnc(Cn2cncn2)o1)C(=O)Nc1ccc(Cl)cc1Cl. The molecule has 0 saturated heterocycles. The van der Waals surface area contributed by atoms with Crippen LogP contribution in [0, 0.1) is 0 Å². The number of amides is 1. The van der Waals surface area contributed by atoms with Crippen LogP contribution in [0.2, 0.25) is 10.0 Å². The molecule has 0 saturated carbocycles. The molecule has 1 N–H and O–H groups in total. The highest BCUT2D eigenvalue weighted by Gasteiger charge is 2.19. The molecule has 3 aromatic rings. The summed E-state index contributed by atoms with van der Waals surface area (Å²) in [5.74, 6) is 0.131. The van der Waals surface area contributed by atoms with E-state index >= 15 is 0 Å². The van der Waals surface area contributed by atoms with Crippen molar-refractivity contribution in [1.29, 1.82) is 0 Å². The molecule has 3 rings (SSSR count). The van der Waals surface area contributed by atoms with Crippen molar-refractivity contribution >= 4 is 46.6 Å². The van der Waals surface area contributed by atoms with Gasteiger partial charge in [0.15, 0.2) is 0 Å². The fraction of sp³-hybridized carbons (Fsp3) is 0.214. The van der Waals surface area contributed by atoms with E-state index in [1.165, 1.54) is 6.33 Å². The van der Waals surface area contributed by atoms with Gasteiger partial charge < -0.3 is 9.73 Å². The average molecular weight is 399 g/mol. The molecule has 1 aromatic carbocycles. The number of aromatic nitrogens is 5. The fourth-order valence-corrected chi connectivity index (χ4v) is 2.99. The molecule has 0 fully saturated rings. The highest BCUT2D eigenvalue weighted by atomic mass is 35.5. The molecule has 1 unspecified atom stereocenters. The Hall–Kier alpha value is -2.10. The maximum absolute atomic E-state index is 12.3. The molecule has 1 atom stereocenters. The first-order chi connectivity index (χ1) is 12.0. The Balaban J connectivity index is 1.58. The van der Waals surface area contributed by atoms with Crippen molar-refractivity contribution < 1.29 is 9.21 Å². The summed E-state index contributed by atoms with van der Waals surface area (Å²) in [6.45, 7) is 2.04. The summed E-state index contributed by atoms with van der Waals surface area (Å²) in [5.41, 5.74) is 0.487. The highest BCUT2D eigenvalue weighted by molar-refractivity contribution is 8.00. The van der Waals surface area contributed by atoms with E-state index in [1.807, 2.05) is 0 Å². The predicted molar refractivity (Wildman–Crippen MR) is 93.8 cm³/mol. The first kappa shape index (κ1) is 17.7. The number of hydrogen-bond donors (Lipinski definition) is 1. The van der Waals surface area contributed by atoms with E-state index in [0.29, 0.717) is 33.4 Å². The second kappa shape index (κ2) is 7.85. The molecule has 2 heterocycles. The van der Waals surface area contributed by atoms with E-state index < -0.39 is 5.25 Å². The number of nitrogens with one attached hydrogen (secondary N) is 1. The van der Waals surface area contributed by atoms with Gasteiger partial charge in [-0.3, -0.25) is 4.79 Å². The van der Waals surface area contributed by atoms with Gasteiger partial charge in [0.25, 0.3) is 5.22 Å². The average Bonchev–Trinajstić information content (AvgIpc) is 3.22. The minimum atomic E-state index is -0.466. The minimum absolute atomic E-state index is 0.245. The van der Waals surface area contributed by atoms with Crippen LogP contribution in [0.3, 0.4) is 0 Å². The number of thioether (sulfide) groups is 1. The molecule has 0 aliphatic carbocycles. The standard InChI is InChI=1S/C14H12Cl2N6O2S/c1-8(13(23)19-11-3-2-9(15)4-10(11)16)25-14-21-20-12(24-14)5-22-7-17-6-18-22/h2-4,6-8H,5H2,1H3,(H,19,23). The third-order valence-electron chi connectivity index (χ3n) is 3.05. The Morgan fingerprint density at radius 2 is 2.24 bits per heavy atom. The second-order valence-corrected chi connectivity index (χ2v) is 7.06. The van der Waals surface area contributed by atoms with Gasteiger partial charge in [0.05, 0.1) is 16.0 Å². The first-order valence-corrected chi connectivity index (χ1v) is 8.72. The molecule has 0 bridgehead atoms. The van der Waals surface area contributed by atoms with Gasteiger partial charge in [0.1, 0.15) is 19.2 Å². The number of nitrogens with zero attached hydrogens (tertiary/aromatic N) is 5. The van der Waals surface area contributed by atoms with E-state index in [4.69, 9.17) is 27.6 Å². The molecule has 8 nitrogen and oxygen atoms in total. The van der Waals surface area contributed by atoms with E-state index in [1.54, 1.807) is 36.1 Å². The van der Waals surface area contributed by atoms with Crippen molar-refractivity contribution in [2.24, 2.45) is 0 Å². The van der Waals surface area contributed by atoms with Gasteiger partial charge >= 0.3 is 0 Å². The van der Waals surface area contributed by atoms with Crippen LogP contribution in [0.5, 0.6) is 0 Å². The van der Waals surface area contributed by atoms with E-state index in [0.717, 1.165) is 11.8 Å². The Bertz CT molecular complexity index is 870. The number of hydrogen-bond acceptors (Lipinski definition) is 7. The monoisotopic (exact) mass is 398 g/mol. The van der Waals surface area contributed by atoms with Crippen LogP contribution in [0.1, 0.15) is 12.8 Å². The molecule has 0 aliphatic rings. The Labute approximate surface area is 156 Å². The summed E-state index contributed by atoms with van der Waals surface area (Å²) in [4.78, 5) is 16.1. The quantitative estimate of drug-likeness (QED) is 0.636. The first-order valence-electron chi connectivity index (χ1n) is 7.08. The normalized spacial score (nSPS) is 12.1. The van der Waals surface area contributed by atoms with Crippen LogP contribution in [0.15, 0.2) is 40.5 Å². The van der Waals surface area contributed by atoms with Crippen LogP contribution in [-0.2, 0) is 11.3 Å². The van der Waals surface area contributed by atoms with E-state index in [2.05, 4.69) is 25.6 Å². The lowest BCUT2D eigenvalue weighted by Crippen LogP contribution is -2.22. The Morgan fingerprint density at radius 1 is 1.40 bits per heavy atom. The lowest BCUT2D eigenvalue weighted by atomic mass is 10.3. The third kappa shape index (κ3) is 4.71. The number of anilines is 1. The molecule has 0 radical (unpaired) electrons. The largest absolute Gasteiger partial charge is 0.414 e. The zero-order chi connectivity index (χ0) is 17.8. The van der Waals surface area contributed by atoms with Crippen molar-refractivity contribution in [1.82, 2.24) is 25.0 Å². The van der Waals surface area contributed by atoms with Crippen molar-refractivity contribution in [3.8, 4) is 0 Å². The van der Waals surface area contributed by atoms with Crippen molar-refractivity contribution in [2.75, 3.05) is 5.32 Å². The van der Waals surface area contributed by atoms with Gasteiger partial charge in [-0.05, 0) is 25.1 Å². The number of benzene rings is 1. The van der Waals surface area contributed by atoms with Gasteiger partial charge in [-0.25, -0.2) is 9.67 Å². The Kier molecular flexibility index (Phi) is 5.57. The van der Waals surface area contributed by atoms with E-state index in [9.17, 15) is 4.79 Å². The topological polar surface area (TPSA) is 98.7 Å². The van der Waals surface area contributed by atoms with E-state index in [-0.39, 0.29) is 5.91 Å². The molecule has 25 heavy (non-hydrogen) atoms. The summed E-state index contributed by atoms with van der Waals surface area (Å²) in [6, 6.07) is 4.85. The number of carbonyl (C=O) groups is 1. The second-order valence-electron chi connectivity index (χ2n) is 4.93.